The molecule has 1 amide bonds. The summed E-state index contributed by atoms with van der Waals surface area (Å²) < 4.78 is 0. The Morgan fingerprint density at radius 1 is 1.42 bits per heavy atom. The van der Waals surface area contributed by atoms with Crippen LogP contribution in [0.2, 0.25) is 5.02 Å². The van der Waals surface area contributed by atoms with Gasteiger partial charge in [-0.15, -0.1) is 12.4 Å². The van der Waals surface area contributed by atoms with E-state index < -0.39 is 5.54 Å². The summed E-state index contributed by atoms with van der Waals surface area (Å²) in [5, 5.41) is 0.691. The molecule has 3 nitrogen and oxygen atoms in total. The first kappa shape index (κ1) is 16.3. The second-order valence-electron chi connectivity index (χ2n) is 5.15. The van der Waals surface area contributed by atoms with Crippen molar-refractivity contribution in [3.63, 3.8) is 0 Å². The van der Waals surface area contributed by atoms with Crippen molar-refractivity contribution in [3.05, 3.63) is 34.9 Å². The molecule has 0 radical (unpaired) electrons. The minimum atomic E-state index is -0.646. The Kier molecular flexibility index (Phi) is 5.65. The number of likely N-dealkylation sites (N-methyl/N-ethyl adjacent to an activating group) is 1. The van der Waals surface area contributed by atoms with E-state index in [4.69, 9.17) is 17.3 Å². The molecule has 0 atom stereocenters. The van der Waals surface area contributed by atoms with E-state index in [2.05, 4.69) is 0 Å². The van der Waals surface area contributed by atoms with Crippen molar-refractivity contribution in [3.8, 4) is 0 Å². The van der Waals surface area contributed by atoms with Crippen LogP contribution in [0.5, 0.6) is 0 Å². The van der Waals surface area contributed by atoms with Gasteiger partial charge in [-0.25, -0.2) is 0 Å². The summed E-state index contributed by atoms with van der Waals surface area (Å²) in [5.41, 5.74) is 6.55. The van der Waals surface area contributed by atoms with E-state index >= 15 is 0 Å². The van der Waals surface area contributed by atoms with Gasteiger partial charge in [0.15, 0.2) is 0 Å². The Hall–Kier alpha value is -0.770. The maximum atomic E-state index is 12.3. The van der Waals surface area contributed by atoms with Crippen LogP contribution in [0.1, 0.15) is 31.2 Å². The maximum absolute atomic E-state index is 12.3. The molecule has 1 saturated carbocycles. The lowest BCUT2D eigenvalue weighted by Crippen LogP contribution is -2.52. The fraction of sp³-hybridized carbons (Fsp3) is 0.500. The summed E-state index contributed by atoms with van der Waals surface area (Å²) in [6.07, 6.45) is 3.69. The van der Waals surface area contributed by atoms with Crippen molar-refractivity contribution in [2.45, 2.75) is 37.8 Å². The van der Waals surface area contributed by atoms with Gasteiger partial charge >= 0.3 is 0 Å². The van der Waals surface area contributed by atoms with Crippen LogP contribution in [-0.4, -0.2) is 23.4 Å². The van der Waals surface area contributed by atoms with Crippen LogP contribution >= 0.6 is 24.0 Å². The van der Waals surface area contributed by atoms with Crippen LogP contribution < -0.4 is 5.73 Å². The smallest absolute Gasteiger partial charge is 0.242 e. The minimum absolute atomic E-state index is 0. The van der Waals surface area contributed by atoms with E-state index in [0.29, 0.717) is 11.6 Å². The number of rotatable bonds is 3. The second kappa shape index (κ2) is 6.60. The fourth-order valence-corrected chi connectivity index (χ4v) is 2.79. The van der Waals surface area contributed by atoms with Crippen LogP contribution in [0.4, 0.5) is 0 Å². The largest absolute Gasteiger partial charge is 0.340 e. The highest BCUT2D eigenvalue weighted by Crippen LogP contribution is 2.29. The van der Waals surface area contributed by atoms with Crippen molar-refractivity contribution < 1.29 is 4.79 Å². The number of halogens is 2. The zero-order valence-electron chi connectivity index (χ0n) is 11.1. The van der Waals surface area contributed by atoms with Crippen LogP contribution in [0.3, 0.4) is 0 Å². The summed E-state index contributed by atoms with van der Waals surface area (Å²) in [7, 11) is 1.80. The normalized spacial score (nSPS) is 16.8. The van der Waals surface area contributed by atoms with E-state index in [0.717, 1.165) is 31.2 Å². The molecule has 0 aliphatic heterocycles. The number of nitrogens with zero attached hydrogens (tertiary/aromatic N) is 1. The third kappa shape index (κ3) is 3.85. The minimum Gasteiger partial charge on any atom is -0.340 e. The molecule has 19 heavy (non-hydrogen) atoms. The summed E-state index contributed by atoms with van der Waals surface area (Å²) in [5.74, 6) is 0.0416. The van der Waals surface area contributed by atoms with Crippen LogP contribution in [-0.2, 0) is 11.3 Å². The summed E-state index contributed by atoms with van der Waals surface area (Å²) >= 11 is 5.93. The number of hydrogen-bond acceptors (Lipinski definition) is 2. The third-order valence-electron chi connectivity index (χ3n) is 3.58. The molecule has 0 aromatic heterocycles. The van der Waals surface area contributed by atoms with Crippen molar-refractivity contribution in [1.82, 2.24) is 4.90 Å². The van der Waals surface area contributed by atoms with E-state index in [1.165, 1.54) is 0 Å². The first-order valence-electron chi connectivity index (χ1n) is 6.30. The predicted octanol–water partition coefficient (Wildman–Crippen LogP) is 2.99. The molecule has 2 N–H and O–H groups in total. The number of carbonyl (C=O) groups excluding carboxylic acids is 1. The van der Waals surface area contributed by atoms with E-state index in [1.54, 1.807) is 11.9 Å². The standard InChI is InChI=1S/C14H19ClN2O.ClH/c1-17(10-11-5-4-6-12(15)9-11)13(18)14(16)7-2-3-8-14;/h4-6,9H,2-3,7-8,10,16H2,1H3;1H. The molecule has 0 unspecified atom stereocenters. The average molecular weight is 303 g/mol. The Labute approximate surface area is 125 Å². The molecule has 1 fully saturated rings. The number of benzene rings is 1. The number of nitrogens with two attached hydrogens (primary N) is 1. The van der Waals surface area contributed by atoms with Crippen molar-refractivity contribution in [2.75, 3.05) is 7.05 Å². The molecule has 0 spiro atoms. The first-order chi connectivity index (χ1) is 8.51. The Morgan fingerprint density at radius 3 is 2.63 bits per heavy atom. The van der Waals surface area contributed by atoms with E-state index in [-0.39, 0.29) is 18.3 Å². The van der Waals surface area contributed by atoms with Crippen LogP contribution in [0.25, 0.3) is 0 Å². The van der Waals surface area contributed by atoms with Gasteiger partial charge in [-0.2, -0.15) is 0 Å². The topological polar surface area (TPSA) is 46.3 Å². The van der Waals surface area contributed by atoms with Gasteiger partial charge in [0.25, 0.3) is 0 Å². The van der Waals surface area contributed by atoms with E-state index in [9.17, 15) is 4.79 Å². The number of amides is 1. The predicted molar refractivity (Wildman–Crippen MR) is 80.6 cm³/mol. The van der Waals surface area contributed by atoms with Gasteiger partial charge < -0.3 is 10.6 Å². The van der Waals surface area contributed by atoms with Crippen molar-refractivity contribution >= 4 is 29.9 Å². The second-order valence-corrected chi connectivity index (χ2v) is 5.59. The third-order valence-corrected chi connectivity index (χ3v) is 3.81. The van der Waals surface area contributed by atoms with Gasteiger partial charge in [0.05, 0.1) is 5.54 Å². The monoisotopic (exact) mass is 302 g/mol. The number of hydrogen-bond donors (Lipinski definition) is 1. The van der Waals surface area contributed by atoms with Gasteiger partial charge in [0.1, 0.15) is 0 Å². The Bertz CT molecular complexity index is 445. The molecule has 1 aliphatic rings. The molecular formula is C14H20Cl2N2O. The van der Waals surface area contributed by atoms with Crippen LogP contribution in [0.15, 0.2) is 24.3 Å². The quantitative estimate of drug-likeness (QED) is 0.933. The summed E-state index contributed by atoms with van der Waals surface area (Å²) in [4.78, 5) is 14.0. The molecule has 0 heterocycles. The molecule has 1 aromatic rings. The highest BCUT2D eigenvalue weighted by atomic mass is 35.5. The molecule has 0 bridgehead atoms. The lowest BCUT2D eigenvalue weighted by atomic mass is 9.97. The zero-order valence-corrected chi connectivity index (χ0v) is 12.6. The van der Waals surface area contributed by atoms with E-state index in [1.807, 2.05) is 24.3 Å². The Balaban J connectivity index is 0.00000180. The zero-order chi connectivity index (χ0) is 13.2. The maximum Gasteiger partial charge on any atom is 0.242 e. The first-order valence-corrected chi connectivity index (χ1v) is 6.68. The number of carbonyl (C=O) groups is 1. The molecule has 5 heteroatoms. The summed E-state index contributed by atoms with van der Waals surface area (Å²) in [6.45, 7) is 0.554. The van der Waals surface area contributed by atoms with Crippen molar-refractivity contribution in [2.24, 2.45) is 5.73 Å². The van der Waals surface area contributed by atoms with Gasteiger partial charge in [-0.3, -0.25) is 4.79 Å². The Morgan fingerprint density at radius 2 is 2.05 bits per heavy atom. The van der Waals surface area contributed by atoms with Gasteiger partial charge in [-0.05, 0) is 30.5 Å². The molecular weight excluding hydrogens is 283 g/mol. The highest BCUT2D eigenvalue weighted by Gasteiger charge is 2.38. The molecule has 2 rings (SSSR count). The van der Waals surface area contributed by atoms with Crippen LogP contribution in [0, 0.1) is 0 Å². The molecule has 1 aromatic carbocycles. The lowest BCUT2D eigenvalue weighted by molar-refractivity contribution is -0.136. The lowest BCUT2D eigenvalue weighted by Gasteiger charge is -2.28. The van der Waals surface area contributed by atoms with Gasteiger partial charge in [0.2, 0.25) is 5.91 Å². The molecule has 1 aliphatic carbocycles. The summed E-state index contributed by atoms with van der Waals surface area (Å²) in [6, 6.07) is 7.56. The van der Waals surface area contributed by atoms with Gasteiger partial charge in [-0.1, -0.05) is 36.6 Å². The van der Waals surface area contributed by atoms with Gasteiger partial charge in [0, 0.05) is 18.6 Å². The molecule has 0 saturated heterocycles. The molecule has 106 valence electrons. The SMILES string of the molecule is CN(Cc1cccc(Cl)c1)C(=O)C1(N)CCCC1.Cl. The fourth-order valence-electron chi connectivity index (χ4n) is 2.58. The highest BCUT2D eigenvalue weighted by molar-refractivity contribution is 6.30. The van der Waals surface area contributed by atoms with Crippen molar-refractivity contribution in [1.29, 1.82) is 0 Å². The average Bonchev–Trinajstić information content (AvgIpc) is 2.76.